The SMILES string of the molecule is O=C1CN(c2c(OCc3ccccc3)cc3ccc(NCCN4CCC4)cc3c2F)S(=O)(=O)N1. The molecule has 8 nitrogen and oxygen atoms in total. The van der Waals surface area contributed by atoms with E-state index >= 15 is 4.39 Å². The molecule has 0 spiro atoms. The lowest BCUT2D eigenvalue weighted by Crippen LogP contribution is -2.40. The number of nitrogens with one attached hydrogen (secondary N) is 2. The summed E-state index contributed by atoms with van der Waals surface area (Å²) in [7, 11) is -4.22. The quantitative estimate of drug-likeness (QED) is 0.511. The van der Waals surface area contributed by atoms with Gasteiger partial charge in [0, 0.05) is 24.2 Å². The molecule has 2 N–H and O–H groups in total. The van der Waals surface area contributed by atoms with Gasteiger partial charge in [-0.15, -0.1) is 0 Å². The molecule has 2 aliphatic heterocycles. The summed E-state index contributed by atoms with van der Waals surface area (Å²) in [6, 6.07) is 16.2. The fourth-order valence-corrected chi connectivity index (χ4v) is 5.27. The van der Waals surface area contributed by atoms with Crippen LogP contribution < -0.4 is 19.1 Å². The second-order valence-corrected chi connectivity index (χ2v) is 10.0. The minimum absolute atomic E-state index is 0.0485. The number of nitrogens with zero attached hydrogens (tertiary/aromatic N) is 2. The zero-order valence-corrected chi connectivity index (χ0v) is 19.3. The number of hydrogen-bond acceptors (Lipinski definition) is 6. The van der Waals surface area contributed by atoms with Gasteiger partial charge in [0.1, 0.15) is 24.6 Å². The second-order valence-electron chi connectivity index (χ2n) is 8.41. The fourth-order valence-electron chi connectivity index (χ4n) is 4.11. The Kier molecular flexibility index (Phi) is 6.01. The Morgan fingerprint density at radius 2 is 1.88 bits per heavy atom. The molecule has 2 aliphatic rings. The van der Waals surface area contributed by atoms with Crippen molar-refractivity contribution in [2.75, 3.05) is 42.3 Å². The van der Waals surface area contributed by atoms with Crippen molar-refractivity contribution in [2.24, 2.45) is 0 Å². The molecule has 1 amide bonds. The molecule has 5 rings (SSSR count). The van der Waals surface area contributed by atoms with Crippen molar-refractivity contribution in [3.63, 3.8) is 0 Å². The van der Waals surface area contributed by atoms with Gasteiger partial charge in [0.05, 0.1) is 0 Å². The van der Waals surface area contributed by atoms with Gasteiger partial charge in [-0.1, -0.05) is 36.4 Å². The largest absolute Gasteiger partial charge is 0.487 e. The molecule has 2 heterocycles. The molecular formula is C24H25FN4O4S. The van der Waals surface area contributed by atoms with E-state index in [2.05, 4.69) is 10.2 Å². The predicted octanol–water partition coefficient (Wildman–Crippen LogP) is 2.86. The second kappa shape index (κ2) is 9.11. The molecule has 2 saturated heterocycles. The van der Waals surface area contributed by atoms with E-state index in [9.17, 15) is 13.2 Å². The van der Waals surface area contributed by atoms with Crippen LogP contribution in [0.4, 0.5) is 15.8 Å². The van der Waals surface area contributed by atoms with Gasteiger partial charge in [-0.2, -0.15) is 8.42 Å². The highest BCUT2D eigenvalue weighted by atomic mass is 32.2. The van der Waals surface area contributed by atoms with Gasteiger partial charge < -0.3 is 15.0 Å². The van der Waals surface area contributed by atoms with Crippen molar-refractivity contribution in [3.05, 3.63) is 66.0 Å². The molecule has 0 unspecified atom stereocenters. The van der Waals surface area contributed by atoms with Gasteiger partial charge in [-0.25, -0.2) is 13.4 Å². The number of likely N-dealkylation sites (tertiary alicyclic amines) is 1. The average molecular weight is 485 g/mol. The maximum absolute atomic E-state index is 15.9. The molecule has 2 fully saturated rings. The van der Waals surface area contributed by atoms with Crippen molar-refractivity contribution in [3.8, 4) is 5.75 Å². The predicted molar refractivity (Wildman–Crippen MR) is 129 cm³/mol. The first-order valence-electron chi connectivity index (χ1n) is 11.1. The number of rotatable bonds is 8. The first kappa shape index (κ1) is 22.4. The molecular weight excluding hydrogens is 459 g/mol. The molecule has 3 aromatic rings. The van der Waals surface area contributed by atoms with Crippen molar-refractivity contribution < 1.29 is 22.3 Å². The number of ether oxygens (including phenoxy) is 1. The molecule has 0 atom stereocenters. The summed E-state index contributed by atoms with van der Waals surface area (Å²) in [4.78, 5) is 14.2. The first-order chi connectivity index (χ1) is 16.4. The minimum atomic E-state index is -4.22. The molecule has 3 aromatic carbocycles. The Labute approximate surface area is 197 Å². The van der Waals surface area contributed by atoms with Crippen LogP contribution in [0.1, 0.15) is 12.0 Å². The standard InChI is InChI=1S/C24H25FN4O4S/c25-23-20-14-19(26-9-12-28-10-4-11-28)8-7-18(20)13-21(33-16-17-5-2-1-3-6-17)24(23)29-15-22(30)27-34(29,31)32/h1-3,5-8,13-14,26H,4,9-12,15-16H2,(H,27,30). The van der Waals surface area contributed by atoms with E-state index in [1.807, 2.05) is 41.1 Å². The minimum Gasteiger partial charge on any atom is -0.487 e. The number of halogens is 1. The van der Waals surface area contributed by atoms with Crippen molar-refractivity contribution >= 4 is 38.3 Å². The number of carbonyl (C=O) groups excluding carboxylic acids is 1. The van der Waals surface area contributed by atoms with Crippen molar-refractivity contribution in [1.29, 1.82) is 0 Å². The number of amides is 1. The van der Waals surface area contributed by atoms with Gasteiger partial charge in [-0.3, -0.25) is 4.79 Å². The average Bonchev–Trinajstić information content (AvgIpc) is 3.06. The summed E-state index contributed by atoms with van der Waals surface area (Å²) in [5.74, 6) is -1.44. The Balaban J connectivity index is 1.51. The summed E-state index contributed by atoms with van der Waals surface area (Å²) in [5.41, 5.74) is 1.29. The van der Waals surface area contributed by atoms with E-state index in [1.54, 1.807) is 18.2 Å². The van der Waals surface area contributed by atoms with E-state index in [0.29, 0.717) is 5.39 Å². The zero-order valence-electron chi connectivity index (χ0n) is 18.5. The van der Waals surface area contributed by atoms with E-state index in [0.717, 1.165) is 41.7 Å². The monoisotopic (exact) mass is 484 g/mol. The summed E-state index contributed by atoms with van der Waals surface area (Å²) >= 11 is 0. The zero-order chi connectivity index (χ0) is 23.7. The lowest BCUT2D eigenvalue weighted by molar-refractivity contribution is -0.117. The van der Waals surface area contributed by atoms with E-state index in [1.165, 1.54) is 6.42 Å². The first-order valence-corrected chi connectivity index (χ1v) is 12.6. The van der Waals surface area contributed by atoms with Crippen LogP contribution in [0.2, 0.25) is 0 Å². The molecule has 10 heteroatoms. The van der Waals surface area contributed by atoms with Gasteiger partial charge in [0.25, 0.3) is 5.91 Å². The molecule has 34 heavy (non-hydrogen) atoms. The number of fused-ring (bicyclic) bond motifs is 1. The highest BCUT2D eigenvalue weighted by molar-refractivity contribution is 7.92. The number of carbonyl (C=O) groups is 1. The van der Waals surface area contributed by atoms with Gasteiger partial charge >= 0.3 is 10.2 Å². The Morgan fingerprint density at radius 1 is 1.09 bits per heavy atom. The molecule has 0 saturated carbocycles. The van der Waals surface area contributed by atoms with Gasteiger partial charge in [0.15, 0.2) is 5.82 Å². The smallest absolute Gasteiger partial charge is 0.326 e. The highest BCUT2D eigenvalue weighted by Gasteiger charge is 2.38. The Bertz CT molecular complexity index is 1330. The number of benzene rings is 3. The van der Waals surface area contributed by atoms with Crippen LogP contribution in [-0.4, -0.2) is 51.9 Å². The van der Waals surface area contributed by atoms with Crippen LogP contribution in [0.5, 0.6) is 5.75 Å². The van der Waals surface area contributed by atoms with Crippen LogP contribution >= 0.6 is 0 Å². The lowest BCUT2D eigenvalue weighted by Gasteiger charge is -2.30. The van der Waals surface area contributed by atoms with Gasteiger partial charge in [0.2, 0.25) is 0 Å². The molecule has 0 aliphatic carbocycles. The number of hydrogen-bond donors (Lipinski definition) is 2. The summed E-state index contributed by atoms with van der Waals surface area (Å²) < 4.78 is 49.5. The van der Waals surface area contributed by atoms with Crippen LogP contribution in [0, 0.1) is 5.82 Å². The van der Waals surface area contributed by atoms with Gasteiger partial charge in [-0.05, 0) is 48.7 Å². The highest BCUT2D eigenvalue weighted by Crippen LogP contribution is 2.40. The normalized spacial score (nSPS) is 17.4. The molecule has 0 aromatic heterocycles. The topological polar surface area (TPSA) is 91.0 Å². The van der Waals surface area contributed by atoms with E-state index in [4.69, 9.17) is 4.74 Å². The summed E-state index contributed by atoms with van der Waals surface area (Å²) in [5, 5.41) is 4.10. The van der Waals surface area contributed by atoms with Crippen LogP contribution in [0.25, 0.3) is 10.8 Å². The third-order valence-electron chi connectivity index (χ3n) is 6.03. The summed E-state index contributed by atoms with van der Waals surface area (Å²) in [6.45, 7) is 3.42. The Hall–Kier alpha value is -3.37. The van der Waals surface area contributed by atoms with E-state index < -0.39 is 28.5 Å². The Morgan fingerprint density at radius 3 is 2.56 bits per heavy atom. The lowest BCUT2D eigenvalue weighted by atomic mass is 10.1. The third kappa shape index (κ3) is 4.51. The van der Waals surface area contributed by atoms with Crippen molar-refractivity contribution in [1.82, 2.24) is 9.62 Å². The van der Waals surface area contributed by atoms with E-state index in [-0.39, 0.29) is 23.4 Å². The summed E-state index contributed by atoms with van der Waals surface area (Å²) in [6.07, 6.45) is 1.22. The number of anilines is 2. The fraction of sp³-hybridized carbons (Fsp3) is 0.292. The van der Waals surface area contributed by atoms with Crippen LogP contribution in [-0.2, 0) is 21.6 Å². The van der Waals surface area contributed by atoms with Crippen molar-refractivity contribution in [2.45, 2.75) is 13.0 Å². The maximum atomic E-state index is 15.9. The molecule has 178 valence electrons. The third-order valence-corrected chi connectivity index (χ3v) is 7.41. The maximum Gasteiger partial charge on any atom is 0.326 e. The van der Waals surface area contributed by atoms with Crippen LogP contribution in [0.3, 0.4) is 0 Å². The molecule has 0 radical (unpaired) electrons. The van der Waals surface area contributed by atoms with Crippen LogP contribution in [0.15, 0.2) is 54.6 Å². The molecule has 0 bridgehead atoms.